The zero-order valence-electron chi connectivity index (χ0n) is 17.2. The molecule has 0 amide bonds. The fourth-order valence-corrected chi connectivity index (χ4v) is 4.01. The Morgan fingerprint density at radius 1 is 1.31 bits per heavy atom. The first kappa shape index (κ1) is 19.6. The van der Waals surface area contributed by atoms with Crippen molar-refractivity contribution in [2.75, 3.05) is 43.9 Å². The summed E-state index contributed by atoms with van der Waals surface area (Å²) in [7, 11) is 4.10. The van der Waals surface area contributed by atoms with Crippen molar-refractivity contribution >= 4 is 22.7 Å². The van der Waals surface area contributed by atoms with Crippen molar-refractivity contribution in [3.63, 3.8) is 0 Å². The van der Waals surface area contributed by atoms with Crippen LogP contribution in [0.4, 0.5) is 11.6 Å². The van der Waals surface area contributed by atoms with Crippen molar-refractivity contribution in [2.24, 2.45) is 0 Å². The van der Waals surface area contributed by atoms with Crippen molar-refractivity contribution in [1.29, 1.82) is 0 Å². The summed E-state index contributed by atoms with van der Waals surface area (Å²) in [6, 6.07) is 8.22. The molecule has 154 valence electrons. The fraction of sp³-hybridized carbons (Fsp3) is 0.476. The normalized spacial score (nSPS) is 19.4. The molecule has 2 aromatic heterocycles. The molecule has 0 saturated carbocycles. The van der Waals surface area contributed by atoms with E-state index in [0.717, 1.165) is 54.2 Å². The number of benzene rings is 1. The monoisotopic (exact) mass is 396 g/mol. The van der Waals surface area contributed by atoms with Crippen LogP contribution in [0.25, 0.3) is 11.1 Å². The molecule has 8 nitrogen and oxygen atoms in total. The second-order valence-electron chi connectivity index (χ2n) is 7.89. The summed E-state index contributed by atoms with van der Waals surface area (Å²) >= 11 is 0. The van der Waals surface area contributed by atoms with Gasteiger partial charge in [0.25, 0.3) is 0 Å². The Labute approximate surface area is 170 Å². The largest absolute Gasteiger partial charge is 0.441 e. The van der Waals surface area contributed by atoms with Crippen LogP contribution in [0.15, 0.2) is 35.0 Å². The standard InChI is InChI=1S/C21H28N6O2/c1-14-25-21-15(5-4-6-18(21)29-14)7-8-22-19-10-20(24-13-23-19)27-12-17(28)9-16(27)11-26(2)3/h4-6,10,13,16-17,28H,7-9,11-12H2,1-3H3,(H,22,23,24)/t16-,17-/m1/s1. The van der Waals surface area contributed by atoms with Crippen LogP contribution >= 0.6 is 0 Å². The summed E-state index contributed by atoms with van der Waals surface area (Å²) in [5.41, 5.74) is 2.89. The van der Waals surface area contributed by atoms with E-state index in [4.69, 9.17) is 4.42 Å². The molecule has 0 spiro atoms. The van der Waals surface area contributed by atoms with Crippen molar-refractivity contribution < 1.29 is 9.52 Å². The highest BCUT2D eigenvalue weighted by Gasteiger charge is 2.32. The minimum atomic E-state index is -0.322. The average Bonchev–Trinajstić information content (AvgIpc) is 3.23. The van der Waals surface area contributed by atoms with Crippen LogP contribution < -0.4 is 10.2 Å². The molecular weight excluding hydrogens is 368 g/mol. The van der Waals surface area contributed by atoms with E-state index in [-0.39, 0.29) is 12.1 Å². The van der Waals surface area contributed by atoms with Gasteiger partial charge in [-0.1, -0.05) is 12.1 Å². The van der Waals surface area contributed by atoms with Crippen LogP contribution in [0, 0.1) is 6.92 Å². The lowest BCUT2D eigenvalue weighted by molar-refractivity contribution is 0.191. The van der Waals surface area contributed by atoms with E-state index in [1.165, 1.54) is 0 Å². The molecule has 0 bridgehead atoms. The van der Waals surface area contributed by atoms with Gasteiger partial charge in [-0.3, -0.25) is 0 Å². The van der Waals surface area contributed by atoms with Gasteiger partial charge in [-0.2, -0.15) is 0 Å². The van der Waals surface area contributed by atoms with Gasteiger partial charge in [0.2, 0.25) is 0 Å². The van der Waals surface area contributed by atoms with Gasteiger partial charge in [0.15, 0.2) is 11.5 Å². The van der Waals surface area contributed by atoms with E-state index in [1.54, 1.807) is 6.33 Å². The van der Waals surface area contributed by atoms with Crippen LogP contribution in [0.1, 0.15) is 17.9 Å². The maximum absolute atomic E-state index is 10.1. The number of β-amino-alcohol motifs (C(OH)–C–C–N with tert-alkyl or cyclic N) is 1. The third-order valence-electron chi connectivity index (χ3n) is 5.23. The highest BCUT2D eigenvalue weighted by Crippen LogP contribution is 2.26. The first-order chi connectivity index (χ1) is 14.0. The van der Waals surface area contributed by atoms with Crippen molar-refractivity contribution in [3.05, 3.63) is 42.0 Å². The lowest BCUT2D eigenvalue weighted by Gasteiger charge is -2.27. The highest BCUT2D eigenvalue weighted by molar-refractivity contribution is 5.76. The molecule has 3 heterocycles. The maximum Gasteiger partial charge on any atom is 0.192 e. The Balaban J connectivity index is 1.42. The Morgan fingerprint density at radius 2 is 2.17 bits per heavy atom. The third-order valence-corrected chi connectivity index (χ3v) is 5.23. The molecule has 1 aromatic carbocycles. The van der Waals surface area contributed by atoms with Gasteiger partial charge in [-0.25, -0.2) is 15.0 Å². The number of aliphatic hydroxyl groups is 1. The number of oxazole rings is 1. The molecule has 1 aliphatic rings. The summed E-state index contributed by atoms with van der Waals surface area (Å²) in [5.74, 6) is 2.31. The van der Waals surface area contributed by atoms with Gasteiger partial charge < -0.3 is 24.6 Å². The molecule has 1 saturated heterocycles. The molecule has 0 aliphatic carbocycles. The van der Waals surface area contributed by atoms with E-state index < -0.39 is 0 Å². The maximum atomic E-state index is 10.1. The number of aryl methyl sites for hydroxylation is 1. The Kier molecular flexibility index (Phi) is 5.64. The van der Waals surface area contributed by atoms with E-state index in [9.17, 15) is 5.11 Å². The van der Waals surface area contributed by atoms with E-state index >= 15 is 0 Å². The minimum Gasteiger partial charge on any atom is -0.441 e. The summed E-state index contributed by atoms with van der Waals surface area (Å²) in [4.78, 5) is 17.6. The molecule has 29 heavy (non-hydrogen) atoms. The smallest absolute Gasteiger partial charge is 0.192 e. The summed E-state index contributed by atoms with van der Waals surface area (Å²) < 4.78 is 5.61. The number of fused-ring (bicyclic) bond motifs is 1. The number of aromatic nitrogens is 3. The second kappa shape index (κ2) is 8.34. The quantitative estimate of drug-likeness (QED) is 0.627. The van der Waals surface area contributed by atoms with Gasteiger partial charge >= 0.3 is 0 Å². The number of likely N-dealkylation sites (N-methyl/N-ethyl adjacent to an activating group) is 1. The SMILES string of the molecule is Cc1nc2c(CCNc3cc(N4C[C@H](O)C[C@@H]4CN(C)C)ncn3)cccc2o1. The van der Waals surface area contributed by atoms with Crippen molar-refractivity contribution in [1.82, 2.24) is 19.9 Å². The average molecular weight is 396 g/mol. The van der Waals surface area contributed by atoms with E-state index in [1.807, 2.05) is 39.2 Å². The predicted molar refractivity (Wildman–Crippen MR) is 113 cm³/mol. The number of hydrogen-bond acceptors (Lipinski definition) is 8. The Morgan fingerprint density at radius 3 is 3.00 bits per heavy atom. The number of anilines is 2. The van der Waals surface area contributed by atoms with Crippen molar-refractivity contribution in [3.8, 4) is 0 Å². The zero-order chi connectivity index (χ0) is 20.4. The van der Waals surface area contributed by atoms with Crippen LogP contribution in [0.5, 0.6) is 0 Å². The van der Waals surface area contributed by atoms with Crippen LogP contribution in [0.2, 0.25) is 0 Å². The number of hydrogen-bond donors (Lipinski definition) is 2. The van der Waals surface area contributed by atoms with Crippen LogP contribution in [-0.2, 0) is 6.42 Å². The van der Waals surface area contributed by atoms with E-state index in [0.29, 0.717) is 12.4 Å². The molecule has 0 unspecified atom stereocenters. The number of rotatable bonds is 7. The Bertz CT molecular complexity index is 973. The molecule has 2 N–H and O–H groups in total. The number of nitrogens with zero attached hydrogens (tertiary/aromatic N) is 5. The number of aliphatic hydroxyl groups excluding tert-OH is 1. The first-order valence-electron chi connectivity index (χ1n) is 10.00. The molecule has 0 radical (unpaired) electrons. The lowest BCUT2D eigenvalue weighted by atomic mass is 10.1. The molecule has 4 rings (SSSR count). The molecule has 1 aliphatic heterocycles. The molecule has 1 fully saturated rings. The zero-order valence-corrected chi connectivity index (χ0v) is 17.2. The number of para-hydroxylation sites is 1. The van der Waals surface area contributed by atoms with Crippen LogP contribution in [-0.4, -0.2) is 70.8 Å². The van der Waals surface area contributed by atoms with E-state index in [2.05, 4.69) is 36.1 Å². The summed E-state index contributed by atoms with van der Waals surface area (Å²) in [6.45, 7) is 4.07. The van der Waals surface area contributed by atoms with Gasteiger partial charge in [-0.05, 0) is 38.6 Å². The van der Waals surface area contributed by atoms with Crippen LogP contribution in [0.3, 0.4) is 0 Å². The van der Waals surface area contributed by atoms with Crippen molar-refractivity contribution in [2.45, 2.75) is 31.9 Å². The molecule has 2 atom stereocenters. The third kappa shape index (κ3) is 4.49. The second-order valence-corrected chi connectivity index (χ2v) is 7.89. The minimum absolute atomic E-state index is 0.246. The van der Waals surface area contributed by atoms with Gasteiger partial charge in [0.05, 0.1) is 6.10 Å². The van der Waals surface area contributed by atoms with Gasteiger partial charge in [0, 0.05) is 38.7 Å². The first-order valence-corrected chi connectivity index (χ1v) is 10.00. The lowest BCUT2D eigenvalue weighted by Crippen LogP contribution is -2.38. The predicted octanol–water partition coefficient (Wildman–Crippen LogP) is 2.08. The van der Waals surface area contributed by atoms with Gasteiger partial charge in [0.1, 0.15) is 23.5 Å². The highest BCUT2D eigenvalue weighted by atomic mass is 16.3. The topological polar surface area (TPSA) is 90.6 Å². The molecule has 3 aromatic rings. The molecular formula is C21H28N6O2. The Hall–Kier alpha value is -2.71. The number of nitrogens with one attached hydrogen (secondary N) is 1. The fourth-order valence-electron chi connectivity index (χ4n) is 4.01. The van der Waals surface area contributed by atoms with Gasteiger partial charge in [-0.15, -0.1) is 0 Å². The molecule has 8 heteroatoms. The summed E-state index contributed by atoms with van der Waals surface area (Å²) in [5, 5.41) is 13.5. The summed E-state index contributed by atoms with van der Waals surface area (Å²) in [6.07, 6.45) is 2.83.